The number of ether oxygens (including phenoxy) is 1. The van der Waals surface area contributed by atoms with Crippen LogP contribution < -0.4 is 5.32 Å². The largest absolute Gasteiger partial charge is 0.458 e. The van der Waals surface area contributed by atoms with Crippen LogP contribution in [0.3, 0.4) is 0 Å². The molecule has 1 N–H and O–H groups in total. The molecule has 1 aliphatic carbocycles. The van der Waals surface area contributed by atoms with Gasteiger partial charge >= 0.3 is 5.97 Å². The highest BCUT2D eigenvalue weighted by molar-refractivity contribution is 6.24. The third-order valence-corrected chi connectivity index (χ3v) is 5.19. The highest BCUT2D eigenvalue weighted by atomic mass is 16.6. The second-order valence-corrected chi connectivity index (χ2v) is 9.11. The van der Waals surface area contributed by atoms with Crippen LogP contribution in [0.25, 0.3) is 0 Å². The molecule has 0 aromatic heterocycles. The molecule has 3 rings (SSSR count). The molecule has 0 saturated heterocycles. The maximum Gasteiger partial charge on any atom is 0.329 e. The summed E-state index contributed by atoms with van der Waals surface area (Å²) in [5, 5.41) is 2.78. The van der Waals surface area contributed by atoms with Gasteiger partial charge in [-0.05, 0) is 45.3 Å². The van der Waals surface area contributed by atoms with Gasteiger partial charge in [-0.15, -0.1) is 0 Å². The monoisotopic (exact) mass is 447 g/mol. The Morgan fingerprint density at radius 1 is 0.939 bits per heavy atom. The zero-order chi connectivity index (χ0) is 24.0. The number of hydrogen-bond donors (Lipinski definition) is 1. The maximum absolute atomic E-state index is 12.7. The van der Waals surface area contributed by atoms with Crippen molar-refractivity contribution in [2.75, 3.05) is 0 Å². The molecule has 172 valence electrons. The molecule has 1 aliphatic rings. The highest BCUT2D eigenvalue weighted by Gasteiger charge is 2.28. The summed E-state index contributed by atoms with van der Waals surface area (Å²) in [5.74, 6) is -1.18. The molecule has 33 heavy (non-hydrogen) atoms. The van der Waals surface area contributed by atoms with Gasteiger partial charge in [0.25, 0.3) is 0 Å². The van der Waals surface area contributed by atoms with Gasteiger partial charge in [-0.2, -0.15) is 0 Å². The van der Waals surface area contributed by atoms with Gasteiger partial charge in [0.1, 0.15) is 11.6 Å². The van der Waals surface area contributed by atoms with Crippen molar-refractivity contribution in [1.29, 1.82) is 0 Å². The number of rotatable bonds is 8. The fourth-order valence-electron chi connectivity index (χ4n) is 3.68. The van der Waals surface area contributed by atoms with Gasteiger partial charge in [-0.1, -0.05) is 54.6 Å². The van der Waals surface area contributed by atoms with Crippen LogP contribution in [0, 0.1) is 0 Å². The average molecular weight is 448 g/mol. The van der Waals surface area contributed by atoms with E-state index in [4.69, 9.17) is 4.74 Å². The summed E-state index contributed by atoms with van der Waals surface area (Å²) in [6, 6.07) is 15.3. The lowest BCUT2D eigenvalue weighted by Crippen LogP contribution is -2.45. The number of amides is 1. The SMILES string of the molecule is CC(C)(C)OC(=O)C(Cc1ccccc1)NC(=O)CCCC1=CC(=O)c2ccccc2C1=O. The molecule has 0 heterocycles. The van der Waals surface area contributed by atoms with Crippen molar-refractivity contribution in [2.24, 2.45) is 0 Å². The minimum atomic E-state index is -0.817. The van der Waals surface area contributed by atoms with Crippen molar-refractivity contribution in [1.82, 2.24) is 5.32 Å². The third kappa shape index (κ3) is 6.72. The minimum absolute atomic E-state index is 0.120. The lowest BCUT2D eigenvalue weighted by Gasteiger charge is -2.24. The molecule has 2 aromatic carbocycles. The summed E-state index contributed by atoms with van der Waals surface area (Å²) in [7, 11) is 0. The van der Waals surface area contributed by atoms with Crippen LogP contribution in [0.1, 0.15) is 66.3 Å². The van der Waals surface area contributed by atoms with E-state index in [1.54, 1.807) is 45.0 Å². The predicted octanol–water partition coefficient (Wildman–Crippen LogP) is 4.23. The van der Waals surface area contributed by atoms with E-state index in [1.807, 2.05) is 30.3 Å². The van der Waals surface area contributed by atoms with E-state index < -0.39 is 17.6 Å². The van der Waals surface area contributed by atoms with Crippen LogP contribution in [0.5, 0.6) is 0 Å². The first-order chi connectivity index (χ1) is 15.6. The molecule has 0 radical (unpaired) electrons. The summed E-state index contributed by atoms with van der Waals surface area (Å²) >= 11 is 0. The van der Waals surface area contributed by atoms with Crippen molar-refractivity contribution in [3.8, 4) is 0 Å². The number of benzene rings is 2. The standard InChI is InChI=1S/C27H29NO5/c1-27(2,3)33-26(32)22(16-18-10-5-4-6-11-18)28-24(30)15-9-12-19-17-23(29)20-13-7-8-14-21(20)25(19)31/h4-8,10-11,13-14,17,22H,9,12,15-16H2,1-3H3,(H,28,30). The molecule has 1 atom stereocenters. The Bertz CT molecular complexity index is 1080. The van der Waals surface area contributed by atoms with E-state index in [0.29, 0.717) is 36.0 Å². The van der Waals surface area contributed by atoms with Crippen LogP contribution in [0.15, 0.2) is 66.2 Å². The number of carbonyl (C=O) groups is 4. The van der Waals surface area contributed by atoms with Crippen LogP contribution in [0.2, 0.25) is 0 Å². The number of esters is 1. The van der Waals surface area contributed by atoms with Crippen LogP contribution in [-0.4, -0.2) is 35.1 Å². The highest BCUT2D eigenvalue weighted by Crippen LogP contribution is 2.24. The molecular weight excluding hydrogens is 418 g/mol. The van der Waals surface area contributed by atoms with Crippen molar-refractivity contribution in [2.45, 2.75) is 58.1 Å². The van der Waals surface area contributed by atoms with Gasteiger partial charge in [0.15, 0.2) is 11.6 Å². The fourth-order valence-corrected chi connectivity index (χ4v) is 3.68. The van der Waals surface area contributed by atoms with E-state index in [-0.39, 0.29) is 23.9 Å². The summed E-state index contributed by atoms with van der Waals surface area (Å²) in [6.45, 7) is 5.34. The lowest BCUT2D eigenvalue weighted by atomic mass is 9.87. The van der Waals surface area contributed by atoms with E-state index in [1.165, 1.54) is 6.08 Å². The normalized spacial score (nSPS) is 14.2. The maximum atomic E-state index is 12.7. The quantitative estimate of drug-likeness (QED) is 0.612. The summed E-state index contributed by atoms with van der Waals surface area (Å²) < 4.78 is 5.49. The van der Waals surface area contributed by atoms with Gasteiger partial charge < -0.3 is 10.1 Å². The van der Waals surface area contributed by atoms with Gasteiger partial charge in [0, 0.05) is 29.5 Å². The third-order valence-electron chi connectivity index (χ3n) is 5.19. The van der Waals surface area contributed by atoms with E-state index in [0.717, 1.165) is 5.56 Å². The number of allylic oxidation sites excluding steroid dienone is 2. The van der Waals surface area contributed by atoms with Crippen LogP contribution >= 0.6 is 0 Å². The average Bonchev–Trinajstić information content (AvgIpc) is 2.76. The van der Waals surface area contributed by atoms with E-state index >= 15 is 0 Å². The first-order valence-electron chi connectivity index (χ1n) is 11.1. The Labute approximate surface area is 194 Å². The topological polar surface area (TPSA) is 89.5 Å². The molecular formula is C27H29NO5. The predicted molar refractivity (Wildman–Crippen MR) is 125 cm³/mol. The van der Waals surface area contributed by atoms with Gasteiger partial charge in [-0.3, -0.25) is 14.4 Å². The second-order valence-electron chi connectivity index (χ2n) is 9.11. The van der Waals surface area contributed by atoms with Gasteiger partial charge in [0.2, 0.25) is 5.91 Å². The first-order valence-corrected chi connectivity index (χ1v) is 11.1. The van der Waals surface area contributed by atoms with Gasteiger partial charge in [-0.25, -0.2) is 4.79 Å². The first kappa shape index (κ1) is 24.1. The molecule has 6 nitrogen and oxygen atoms in total. The molecule has 1 amide bonds. The molecule has 0 aliphatic heterocycles. The van der Waals surface area contributed by atoms with Crippen molar-refractivity contribution in [3.05, 3.63) is 82.9 Å². The van der Waals surface area contributed by atoms with Crippen LogP contribution in [-0.2, 0) is 20.7 Å². The number of hydrogen-bond acceptors (Lipinski definition) is 5. The molecule has 1 unspecified atom stereocenters. The molecule has 2 aromatic rings. The van der Waals surface area contributed by atoms with E-state index in [2.05, 4.69) is 5.32 Å². The number of carbonyl (C=O) groups excluding carboxylic acids is 4. The lowest BCUT2D eigenvalue weighted by molar-refractivity contribution is -0.158. The molecule has 6 heteroatoms. The number of nitrogens with one attached hydrogen (secondary N) is 1. The molecule has 0 spiro atoms. The van der Waals surface area contributed by atoms with Crippen molar-refractivity contribution in [3.63, 3.8) is 0 Å². The van der Waals surface area contributed by atoms with E-state index in [9.17, 15) is 19.2 Å². The Hall–Kier alpha value is -3.54. The van der Waals surface area contributed by atoms with Crippen molar-refractivity contribution >= 4 is 23.4 Å². The number of fused-ring (bicyclic) bond motifs is 1. The Morgan fingerprint density at radius 2 is 1.58 bits per heavy atom. The fraction of sp³-hybridized carbons (Fsp3) is 0.333. The minimum Gasteiger partial charge on any atom is -0.458 e. The zero-order valence-electron chi connectivity index (χ0n) is 19.2. The van der Waals surface area contributed by atoms with Gasteiger partial charge in [0.05, 0.1) is 0 Å². The van der Waals surface area contributed by atoms with Crippen molar-refractivity contribution < 1.29 is 23.9 Å². The Kier molecular flexibility index (Phi) is 7.59. The Morgan fingerprint density at radius 3 is 2.24 bits per heavy atom. The summed E-state index contributed by atoms with van der Waals surface area (Å²) in [5.41, 5.74) is 1.44. The number of ketones is 2. The second kappa shape index (κ2) is 10.4. The summed E-state index contributed by atoms with van der Waals surface area (Å²) in [6.07, 6.45) is 2.49. The Balaban J connectivity index is 1.59. The van der Waals surface area contributed by atoms with Crippen LogP contribution in [0.4, 0.5) is 0 Å². The molecule has 0 fully saturated rings. The summed E-state index contributed by atoms with van der Waals surface area (Å²) in [4.78, 5) is 50.2. The molecule has 0 saturated carbocycles. The molecule has 0 bridgehead atoms. The number of Topliss-reactive ketones (excluding diaryl/α,β-unsaturated/α-hetero) is 1. The smallest absolute Gasteiger partial charge is 0.329 e. The zero-order valence-corrected chi connectivity index (χ0v) is 19.2.